The minimum atomic E-state index is -0.319. The van der Waals surface area contributed by atoms with E-state index in [9.17, 15) is 4.39 Å². The average Bonchev–Trinajstić information content (AvgIpc) is 2.34. The van der Waals surface area contributed by atoms with Crippen molar-refractivity contribution < 1.29 is 9.13 Å². The van der Waals surface area contributed by atoms with Crippen LogP contribution in [-0.4, -0.2) is 13.7 Å². The Morgan fingerprint density at radius 2 is 2.17 bits per heavy atom. The molecule has 1 atom stereocenters. The van der Waals surface area contributed by atoms with Gasteiger partial charge in [-0.3, -0.25) is 0 Å². The SMILES string of the molecule is CCCNC(C=C(C)C)c1ccc(OC)c(F)c1. The summed E-state index contributed by atoms with van der Waals surface area (Å²) in [5, 5.41) is 3.40. The highest BCUT2D eigenvalue weighted by Crippen LogP contribution is 2.23. The average molecular weight is 251 g/mol. The molecule has 0 saturated carbocycles. The second-order valence-electron chi connectivity index (χ2n) is 4.57. The van der Waals surface area contributed by atoms with Crippen molar-refractivity contribution in [3.8, 4) is 5.75 Å². The third kappa shape index (κ3) is 4.15. The number of methoxy groups -OCH3 is 1. The van der Waals surface area contributed by atoms with E-state index in [1.807, 2.05) is 19.9 Å². The molecule has 2 nitrogen and oxygen atoms in total. The molecule has 0 spiro atoms. The summed E-state index contributed by atoms with van der Waals surface area (Å²) < 4.78 is 18.6. The normalized spacial score (nSPS) is 12.1. The highest BCUT2D eigenvalue weighted by molar-refractivity contribution is 5.33. The molecule has 0 saturated heterocycles. The van der Waals surface area contributed by atoms with Crippen LogP contribution in [0, 0.1) is 5.82 Å². The van der Waals surface area contributed by atoms with Crippen LogP contribution in [0.4, 0.5) is 4.39 Å². The van der Waals surface area contributed by atoms with Crippen LogP contribution in [0.3, 0.4) is 0 Å². The second kappa shape index (κ2) is 7.17. The molecule has 3 heteroatoms. The van der Waals surface area contributed by atoms with Crippen LogP contribution in [0.15, 0.2) is 29.8 Å². The van der Waals surface area contributed by atoms with E-state index in [1.165, 1.54) is 18.7 Å². The number of hydrogen-bond donors (Lipinski definition) is 1. The molecule has 18 heavy (non-hydrogen) atoms. The van der Waals surface area contributed by atoms with Crippen LogP contribution in [0.1, 0.15) is 38.8 Å². The maximum absolute atomic E-state index is 13.7. The van der Waals surface area contributed by atoms with Gasteiger partial charge in [-0.05, 0) is 44.5 Å². The van der Waals surface area contributed by atoms with Crippen LogP contribution in [-0.2, 0) is 0 Å². The highest BCUT2D eigenvalue weighted by Gasteiger charge is 2.11. The summed E-state index contributed by atoms with van der Waals surface area (Å²) in [6.45, 7) is 7.10. The van der Waals surface area contributed by atoms with Gasteiger partial charge in [0.15, 0.2) is 11.6 Å². The van der Waals surface area contributed by atoms with Crippen molar-refractivity contribution in [3.05, 3.63) is 41.2 Å². The Labute approximate surface area is 109 Å². The molecule has 0 aromatic heterocycles. The summed E-state index contributed by atoms with van der Waals surface area (Å²) in [5.74, 6) is -0.0364. The van der Waals surface area contributed by atoms with E-state index in [0.29, 0.717) is 0 Å². The fourth-order valence-electron chi connectivity index (χ4n) is 1.78. The van der Waals surface area contributed by atoms with E-state index in [4.69, 9.17) is 4.74 Å². The number of ether oxygens (including phenoxy) is 1. The van der Waals surface area contributed by atoms with E-state index in [-0.39, 0.29) is 17.6 Å². The standard InChI is InChI=1S/C15H22FNO/c1-5-8-17-14(9-11(2)3)12-6-7-15(18-4)13(16)10-12/h6-7,9-10,14,17H,5,8H2,1-4H3. The molecule has 0 radical (unpaired) electrons. The lowest BCUT2D eigenvalue weighted by molar-refractivity contribution is 0.386. The lowest BCUT2D eigenvalue weighted by atomic mass is 10.0. The molecular weight excluding hydrogens is 229 g/mol. The van der Waals surface area contributed by atoms with E-state index < -0.39 is 0 Å². The largest absolute Gasteiger partial charge is 0.494 e. The molecule has 0 amide bonds. The summed E-state index contributed by atoms with van der Waals surface area (Å²) >= 11 is 0. The smallest absolute Gasteiger partial charge is 0.165 e. The molecular formula is C15H22FNO. The van der Waals surface area contributed by atoms with Gasteiger partial charge in [0.2, 0.25) is 0 Å². The molecule has 0 fully saturated rings. The number of nitrogens with one attached hydrogen (secondary N) is 1. The van der Waals surface area contributed by atoms with Gasteiger partial charge in [0.25, 0.3) is 0 Å². The first-order valence-electron chi connectivity index (χ1n) is 6.30. The van der Waals surface area contributed by atoms with Crippen molar-refractivity contribution in [1.82, 2.24) is 5.32 Å². The lowest BCUT2D eigenvalue weighted by Gasteiger charge is -2.16. The van der Waals surface area contributed by atoms with Crippen molar-refractivity contribution in [3.63, 3.8) is 0 Å². The van der Waals surface area contributed by atoms with Crippen LogP contribution < -0.4 is 10.1 Å². The maximum Gasteiger partial charge on any atom is 0.165 e. The molecule has 0 aliphatic heterocycles. The first kappa shape index (κ1) is 14.7. The third-order valence-electron chi connectivity index (χ3n) is 2.65. The summed E-state index contributed by atoms with van der Waals surface area (Å²) in [6, 6.07) is 5.15. The summed E-state index contributed by atoms with van der Waals surface area (Å²) in [7, 11) is 1.47. The van der Waals surface area contributed by atoms with E-state index >= 15 is 0 Å². The number of hydrogen-bond acceptors (Lipinski definition) is 2. The van der Waals surface area contributed by atoms with E-state index in [2.05, 4.69) is 18.3 Å². The zero-order chi connectivity index (χ0) is 13.5. The van der Waals surface area contributed by atoms with Crippen molar-refractivity contribution in [2.75, 3.05) is 13.7 Å². The van der Waals surface area contributed by atoms with Crippen molar-refractivity contribution in [2.45, 2.75) is 33.2 Å². The minimum absolute atomic E-state index is 0.0513. The number of halogens is 1. The predicted molar refractivity (Wildman–Crippen MR) is 73.4 cm³/mol. The van der Waals surface area contributed by atoms with Gasteiger partial charge in [0, 0.05) is 0 Å². The van der Waals surface area contributed by atoms with Gasteiger partial charge in [0.1, 0.15) is 0 Å². The zero-order valence-corrected chi connectivity index (χ0v) is 11.6. The molecule has 0 heterocycles. The van der Waals surface area contributed by atoms with Gasteiger partial charge >= 0.3 is 0 Å². The van der Waals surface area contributed by atoms with E-state index in [0.717, 1.165) is 18.5 Å². The van der Waals surface area contributed by atoms with Gasteiger partial charge < -0.3 is 10.1 Å². The molecule has 1 aromatic rings. The van der Waals surface area contributed by atoms with Crippen LogP contribution in [0.25, 0.3) is 0 Å². The molecule has 1 unspecified atom stereocenters. The van der Waals surface area contributed by atoms with Crippen LogP contribution >= 0.6 is 0 Å². The quantitative estimate of drug-likeness (QED) is 0.776. The topological polar surface area (TPSA) is 21.3 Å². The first-order chi connectivity index (χ1) is 8.58. The van der Waals surface area contributed by atoms with E-state index in [1.54, 1.807) is 6.07 Å². The fourth-order valence-corrected chi connectivity index (χ4v) is 1.78. The number of allylic oxidation sites excluding steroid dienone is 1. The molecule has 0 aliphatic carbocycles. The Morgan fingerprint density at radius 3 is 2.67 bits per heavy atom. The molecule has 100 valence electrons. The zero-order valence-electron chi connectivity index (χ0n) is 11.6. The summed E-state index contributed by atoms with van der Waals surface area (Å²) in [6.07, 6.45) is 3.16. The monoisotopic (exact) mass is 251 g/mol. The van der Waals surface area contributed by atoms with Gasteiger partial charge in [-0.2, -0.15) is 0 Å². The minimum Gasteiger partial charge on any atom is -0.494 e. The summed E-state index contributed by atoms with van der Waals surface area (Å²) in [5.41, 5.74) is 2.13. The Hall–Kier alpha value is -1.35. The molecule has 0 bridgehead atoms. The molecule has 1 aromatic carbocycles. The molecule has 1 rings (SSSR count). The van der Waals surface area contributed by atoms with Gasteiger partial charge in [-0.15, -0.1) is 0 Å². The summed E-state index contributed by atoms with van der Waals surface area (Å²) in [4.78, 5) is 0. The Balaban J connectivity index is 2.97. The van der Waals surface area contributed by atoms with Crippen molar-refractivity contribution >= 4 is 0 Å². The lowest BCUT2D eigenvalue weighted by Crippen LogP contribution is -2.20. The second-order valence-corrected chi connectivity index (χ2v) is 4.57. The Morgan fingerprint density at radius 1 is 1.44 bits per heavy atom. The maximum atomic E-state index is 13.7. The van der Waals surface area contributed by atoms with Gasteiger partial charge in [-0.25, -0.2) is 4.39 Å². The van der Waals surface area contributed by atoms with Crippen LogP contribution in [0.5, 0.6) is 5.75 Å². The Kier molecular flexibility index (Phi) is 5.86. The number of benzene rings is 1. The molecule has 0 aliphatic rings. The van der Waals surface area contributed by atoms with Crippen LogP contribution in [0.2, 0.25) is 0 Å². The van der Waals surface area contributed by atoms with Gasteiger partial charge in [-0.1, -0.05) is 24.6 Å². The van der Waals surface area contributed by atoms with Gasteiger partial charge in [0.05, 0.1) is 13.2 Å². The molecule has 1 N–H and O–H groups in total. The number of rotatable bonds is 6. The van der Waals surface area contributed by atoms with Crippen molar-refractivity contribution in [1.29, 1.82) is 0 Å². The fraction of sp³-hybridized carbons (Fsp3) is 0.467. The third-order valence-corrected chi connectivity index (χ3v) is 2.65. The Bertz CT molecular complexity index is 411. The predicted octanol–water partition coefficient (Wildman–Crippen LogP) is 3.84. The highest BCUT2D eigenvalue weighted by atomic mass is 19.1. The first-order valence-corrected chi connectivity index (χ1v) is 6.30. The van der Waals surface area contributed by atoms with Crippen molar-refractivity contribution in [2.24, 2.45) is 0 Å².